The molecule has 174 valence electrons. The molecule has 0 radical (unpaired) electrons. The smallest absolute Gasteiger partial charge is 0.0653 e. The predicted molar refractivity (Wildman–Crippen MR) is 128 cm³/mol. The first kappa shape index (κ1) is 23.1. The molecule has 30 heavy (non-hydrogen) atoms. The lowest BCUT2D eigenvalue weighted by Gasteiger charge is -2.63. The van der Waals surface area contributed by atoms with Crippen LogP contribution in [0.3, 0.4) is 0 Å². The second-order valence-electron chi connectivity index (χ2n) is 13.4. The number of fused-ring (bicyclic) bond motifs is 5. The van der Waals surface area contributed by atoms with Gasteiger partial charge >= 0.3 is 0 Å². The Hall–Kier alpha value is -0.0400. The topological polar surface area (TPSA) is 20.2 Å². The third-order valence-corrected chi connectivity index (χ3v) is 11.6. The Morgan fingerprint density at radius 1 is 0.833 bits per heavy atom. The minimum Gasteiger partial charge on any atom is -0.390 e. The van der Waals surface area contributed by atoms with E-state index in [4.69, 9.17) is 0 Å². The lowest BCUT2D eigenvalue weighted by Crippen LogP contribution is -2.56. The summed E-state index contributed by atoms with van der Waals surface area (Å²) >= 11 is 0. The van der Waals surface area contributed by atoms with Crippen molar-refractivity contribution in [1.82, 2.24) is 0 Å². The molecule has 4 saturated carbocycles. The first-order valence-electron chi connectivity index (χ1n) is 13.9. The predicted octanol–water partition coefficient (Wildman–Crippen LogP) is 8.25. The summed E-state index contributed by atoms with van der Waals surface area (Å²) in [5, 5.41) is 11.6. The van der Waals surface area contributed by atoms with Gasteiger partial charge in [0.2, 0.25) is 0 Å². The lowest BCUT2D eigenvalue weighted by atomic mass is 9.42. The number of aliphatic hydroxyl groups is 1. The van der Waals surface area contributed by atoms with Gasteiger partial charge in [0.05, 0.1) is 5.60 Å². The maximum absolute atomic E-state index is 11.6. The summed E-state index contributed by atoms with van der Waals surface area (Å²) in [5.74, 6) is 6.06. The molecule has 0 aromatic carbocycles. The average molecular weight is 417 g/mol. The van der Waals surface area contributed by atoms with Crippen molar-refractivity contribution >= 4 is 0 Å². The quantitative estimate of drug-likeness (QED) is 0.432. The van der Waals surface area contributed by atoms with E-state index in [-0.39, 0.29) is 0 Å². The van der Waals surface area contributed by atoms with E-state index in [0.29, 0.717) is 16.7 Å². The second kappa shape index (κ2) is 8.39. The SMILES string of the molecule is CCCCCC[C@](C)(O)[C@H]1CCC2C3C[C@H](C)[C@H]4C[C@@H](C)CC[C@]4(C)C3CC[C@@]21C. The summed E-state index contributed by atoms with van der Waals surface area (Å²) in [6.07, 6.45) is 17.5. The van der Waals surface area contributed by atoms with E-state index in [1.54, 1.807) is 0 Å². The minimum absolute atomic E-state index is 0.375. The molecule has 4 aliphatic carbocycles. The van der Waals surface area contributed by atoms with Crippen molar-refractivity contribution in [3.05, 3.63) is 0 Å². The fourth-order valence-electron chi connectivity index (χ4n) is 10.0. The maximum Gasteiger partial charge on any atom is 0.0653 e. The van der Waals surface area contributed by atoms with Crippen LogP contribution in [0.2, 0.25) is 0 Å². The molecule has 1 nitrogen and oxygen atoms in total. The van der Waals surface area contributed by atoms with Gasteiger partial charge in [0, 0.05) is 0 Å². The van der Waals surface area contributed by atoms with Gasteiger partial charge in [-0.05, 0) is 111 Å². The molecule has 0 aromatic heterocycles. The van der Waals surface area contributed by atoms with Crippen LogP contribution in [-0.2, 0) is 0 Å². The van der Waals surface area contributed by atoms with E-state index in [1.807, 2.05) is 0 Å². The molecule has 0 saturated heterocycles. The zero-order valence-electron chi connectivity index (χ0n) is 21.2. The standard InChI is InChI=1S/C29H52O/c1-7-8-9-10-15-29(6,30)26-12-11-23-22-19-21(3)25-18-20(2)13-16-27(25,4)24(22)14-17-28(23,26)5/h20-26,30H,7-19H2,1-6H3/t20-,21-,22?,23?,24?,25+,26-,27+,28-,29-/m0/s1. The Morgan fingerprint density at radius 2 is 1.53 bits per heavy atom. The van der Waals surface area contributed by atoms with Gasteiger partial charge in [-0.3, -0.25) is 0 Å². The van der Waals surface area contributed by atoms with Crippen LogP contribution in [0.15, 0.2) is 0 Å². The number of rotatable bonds is 6. The number of hydrogen-bond donors (Lipinski definition) is 1. The Morgan fingerprint density at radius 3 is 2.27 bits per heavy atom. The third-order valence-electron chi connectivity index (χ3n) is 11.6. The fraction of sp³-hybridized carbons (Fsp3) is 1.00. The highest BCUT2D eigenvalue weighted by molar-refractivity contribution is 5.12. The van der Waals surface area contributed by atoms with E-state index < -0.39 is 5.60 Å². The van der Waals surface area contributed by atoms with Gasteiger partial charge in [0.15, 0.2) is 0 Å². The molecule has 4 fully saturated rings. The van der Waals surface area contributed by atoms with Crippen molar-refractivity contribution in [1.29, 1.82) is 0 Å². The zero-order valence-corrected chi connectivity index (χ0v) is 21.2. The van der Waals surface area contributed by atoms with Crippen LogP contribution >= 0.6 is 0 Å². The molecule has 4 rings (SSSR count). The molecule has 3 unspecified atom stereocenters. The molecule has 1 heteroatoms. The first-order valence-corrected chi connectivity index (χ1v) is 13.9. The minimum atomic E-state index is -0.461. The van der Waals surface area contributed by atoms with Crippen molar-refractivity contribution in [3.8, 4) is 0 Å². The van der Waals surface area contributed by atoms with Crippen LogP contribution in [0.1, 0.15) is 125 Å². The van der Waals surface area contributed by atoms with Gasteiger partial charge in [0.25, 0.3) is 0 Å². The largest absolute Gasteiger partial charge is 0.390 e. The molecular formula is C29H52O. The number of unbranched alkanes of at least 4 members (excludes halogenated alkanes) is 3. The molecule has 0 amide bonds. The highest BCUT2D eigenvalue weighted by Gasteiger charge is 2.63. The van der Waals surface area contributed by atoms with Crippen LogP contribution < -0.4 is 0 Å². The molecule has 0 heterocycles. The molecule has 10 atom stereocenters. The second-order valence-corrected chi connectivity index (χ2v) is 13.4. The van der Waals surface area contributed by atoms with E-state index in [0.717, 1.165) is 41.9 Å². The van der Waals surface area contributed by atoms with Crippen LogP contribution in [0.5, 0.6) is 0 Å². The Balaban J connectivity index is 1.52. The lowest BCUT2D eigenvalue weighted by molar-refractivity contribution is -0.153. The van der Waals surface area contributed by atoms with E-state index >= 15 is 0 Å². The summed E-state index contributed by atoms with van der Waals surface area (Å²) in [6.45, 7) is 14.9. The highest BCUT2D eigenvalue weighted by atomic mass is 16.3. The van der Waals surface area contributed by atoms with Crippen LogP contribution in [0, 0.1) is 52.3 Å². The van der Waals surface area contributed by atoms with E-state index in [2.05, 4.69) is 41.5 Å². The maximum atomic E-state index is 11.6. The third kappa shape index (κ3) is 3.72. The summed E-state index contributed by atoms with van der Waals surface area (Å²) < 4.78 is 0. The monoisotopic (exact) mass is 416 g/mol. The average Bonchev–Trinajstić information content (AvgIpc) is 3.05. The van der Waals surface area contributed by atoms with Gasteiger partial charge in [-0.15, -0.1) is 0 Å². The first-order chi connectivity index (χ1) is 14.1. The summed E-state index contributed by atoms with van der Waals surface area (Å²) in [5.41, 5.74) is 0.508. The molecule has 0 aromatic rings. The molecule has 0 spiro atoms. The van der Waals surface area contributed by atoms with Gasteiger partial charge in [-0.1, -0.05) is 66.7 Å². The van der Waals surface area contributed by atoms with Crippen LogP contribution in [0.25, 0.3) is 0 Å². The Kier molecular flexibility index (Phi) is 6.47. The van der Waals surface area contributed by atoms with Gasteiger partial charge in [0.1, 0.15) is 0 Å². The summed E-state index contributed by atoms with van der Waals surface area (Å²) in [4.78, 5) is 0. The summed E-state index contributed by atoms with van der Waals surface area (Å²) in [6, 6.07) is 0. The van der Waals surface area contributed by atoms with Crippen LogP contribution in [0.4, 0.5) is 0 Å². The zero-order chi connectivity index (χ0) is 21.7. The highest BCUT2D eigenvalue weighted by Crippen LogP contribution is 2.69. The van der Waals surface area contributed by atoms with E-state index in [1.165, 1.54) is 77.0 Å². The van der Waals surface area contributed by atoms with Crippen molar-refractivity contribution in [2.75, 3.05) is 0 Å². The molecular weight excluding hydrogens is 364 g/mol. The van der Waals surface area contributed by atoms with Crippen molar-refractivity contribution in [2.24, 2.45) is 52.3 Å². The fourth-order valence-corrected chi connectivity index (χ4v) is 10.0. The number of hydrogen-bond acceptors (Lipinski definition) is 1. The van der Waals surface area contributed by atoms with E-state index in [9.17, 15) is 5.11 Å². The molecule has 4 aliphatic rings. The molecule has 0 bridgehead atoms. The van der Waals surface area contributed by atoms with Crippen molar-refractivity contribution < 1.29 is 5.11 Å². The summed E-state index contributed by atoms with van der Waals surface area (Å²) in [7, 11) is 0. The van der Waals surface area contributed by atoms with Gasteiger partial charge in [-0.25, -0.2) is 0 Å². The van der Waals surface area contributed by atoms with Crippen LogP contribution in [-0.4, -0.2) is 10.7 Å². The molecule has 1 N–H and O–H groups in total. The normalized spacial score (nSPS) is 50.3. The van der Waals surface area contributed by atoms with Gasteiger partial charge < -0.3 is 5.11 Å². The van der Waals surface area contributed by atoms with Crippen molar-refractivity contribution in [2.45, 2.75) is 131 Å². The Labute approximate surface area is 188 Å². The van der Waals surface area contributed by atoms with Gasteiger partial charge in [-0.2, -0.15) is 0 Å². The Bertz CT molecular complexity index is 595. The molecule has 0 aliphatic heterocycles. The van der Waals surface area contributed by atoms with Crippen molar-refractivity contribution in [3.63, 3.8) is 0 Å².